The van der Waals surface area contributed by atoms with Crippen molar-refractivity contribution in [2.75, 3.05) is 0 Å². The Morgan fingerprint density at radius 1 is 0.800 bits per heavy atom. The van der Waals surface area contributed by atoms with Crippen molar-refractivity contribution in [1.29, 1.82) is 0 Å². The van der Waals surface area contributed by atoms with Crippen LogP contribution < -0.4 is 5.56 Å². The van der Waals surface area contributed by atoms with E-state index in [-0.39, 0.29) is 11.5 Å². The average Bonchev–Trinajstić information content (AvgIpc) is 3.34. The molecule has 7 rings (SSSR count). The van der Waals surface area contributed by atoms with E-state index in [0.29, 0.717) is 17.3 Å². The summed E-state index contributed by atoms with van der Waals surface area (Å²) in [6, 6.07) is 36.0. The highest BCUT2D eigenvalue weighted by molar-refractivity contribution is 9.10. The van der Waals surface area contributed by atoms with Gasteiger partial charge in [0.05, 0.1) is 39.6 Å². The van der Waals surface area contributed by atoms with Gasteiger partial charge in [-0.05, 0) is 79.1 Å². The lowest BCUT2D eigenvalue weighted by atomic mass is 9.81. The number of benzene rings is 4. The first-order valence-corrected chi connectivity index (χ1v) is 14.1. The second-order valence-corrected chi connectivity index (χ2v) is 10.9. The van der Waals surface area contributed by atoms with Crippen LogP contribution >= 0.6 is 15.9 Å². The zero-order chi connectivity index (χ0) is 27.2. The summed E-state index contributed by atoms with van der Waals surface area (Å²) in [5.74, 6) is 0.531. The fraction of sp³-hybridized carbons (Fsp3) is 0.0882. The summed E-state index contributed by atoms with van der Waals surface area (Å²) < 4.78 is 4.84. The predicted molar refractivity (Wildman–Crippen MR) is 164 cm³/mol. The lowest BCUT2D eigenvalue weighted by Crippen LogP contribution is -2.27. The first-order chi connectivity index (χ1) is 19.6. The number of allylic oxidation sites excluding steroid dienone is 1. The molecule has 0 bridgehead atoms. The minimum Gasteiger partial charge on any atom is -0.268 e. The van der Waals surface area contributed by atoms with E-state index in [4.69, 9.17) is 10.1 Å². The van der Waals surface area contributed by atoms with Gasteiger partial charge in [0, 0.05) is 10.0 Å². The Labute approximate surface area is 240 Å². The van der Waals surface area contributed by atoms with Gasteiger partial charge in [0.2, 0.25) is 0 Å². The molecule has 2 heterocycles. The fourth-order valence-electron chi connectivity index (χ4n) is 5.73. The minimum atomic E-state index is -0.186. The Hall–Kier alpha value is -4.55. The quantitative estimate of drug-likeness (QED) is 0.213. The molecule has 194 valence electrons. The van der Waals surface area contributed by atoms with E-state index in [0.717, 1.165) is 44.2 Å². The molecule has 0 amide bonds. The molecule has 0 saturated carbocycles. The molecule has 6 heteroatoms. The standard InChI is InChI=1S/C34H25BrN4O/c1-22-32-29(33-36-30-15-9-8-14-28(30)34(40)38(33)26-10-4-2-5-11-26)20-24(23-16-18-25(35)19-17-23)21-31(32)39(37-22)27-12-6-3-7-13-27/h2-19,21,29H,20H2,1H3. The summed E-state index contributed by atoms with van der Waals surface area (Å²) >= 11 is 3.57. The van der Waals surface area contributed by atoms with Gasteiger partial charge < -0.3 is 0 Å². The molecule has 0 aliphatic heterocycles. The molecular weight excluding hydrogens is 560 g/mol. The van der Waals surface area contributed by atoms with Gasteiger partial charge in [-0.2, -0.15) is 5.10 Å². The smallest absolute Gasteiger partial charge is 0.265 e. The third kappa shape index (κ3) is 4.12. The highest BCUT2D eigenvalue weighted by Crippen LogP contribution is 2.44. The summed E-state index contributed by atoms with van der Waals surface area (Å²) in [6.07, 6.45) is 2.93. The van der Waals surface area contributed by atoms with Crippen LogP contribution in [-0.4, -0.2) is 19.3 Å². The molecule has 2 aromatic heterocycles. The molecule has 1 unspecified atom stereocenters. The zero-order valence-corrected chi connectivity index (χ0v) is 23.4. The highest BCUT2D eigenvalue weighted by atomic mass is 79.9. The summed E-state index contributed by atoms with van der Waals surface area (Å²) in [4.78, 5) is 19.3. The van der Waals surface area contributed by atoms with E-state index in [2.05, 4.69) is 65.3 Å². The number of para-hydroxylation sites is 3. The van der Waals surface area contributed by atoms with Gasteiger partial charge in [-0.1, -0.05) is 76.6 Å². The lowest BCUT2D eigenvalue weighted by Gasteiger charge is -2.27. The van der Waals surface area contributed by atoms with E-state index in [9.17, 15) is 4.79 Å². The maximum atomic E-state index is 14.1. The molecule has 1 aliphatic carbocycles. The number of hydrogen-bond donors (Lipinski definition) is 0. The molecule has 0 radical (unpaired) electrons. The van der Waals surface area contributed by atoms with Gasteiger partial charge >= 0.3 is 0 Å². The second kappa shape index (κ2) is 9.88. The van der Waals surface area contributed by atoms with Gasteiger partial charge in [0.1, 0.15) is 5.82 Å². The van der Waals surface area contributed by atoms with Crippen molar-refractivity contribution < 1.29 is 0 Å². The van der Waals surface area contributed by atoms with Crippen LogP contribution in [0, 0.1) is 6.92 Å². The minimum absolute atomic E-state index is 0.0683. The summed E-state index contributed by atoms with van der Waals surface area (Å²) in [7, 11) is 0. The molecule has 40 heavy (non-hydrogen) atoms. The van der Waals surface area contributed by atoms with Crippen LogP contribution in [0.25, 0.3) is 33.9 Å². The van der Waals surface area contributed by atoms with Crippen LogP contribution in [0.15, 0.2) is 118 Å². The third-order valence-corrected chi connectivity index (χ3v) is 8.10. The zero-order valence-electron chi connectivity index (χ0n) is 21.8. The second-order valence-electron chi connectivity index (χ2n) is 10.0. The monoisotopic (exact) mass is 584 g/mol. The van der Waals surface area contributed by atoms with Crippen molar-refractivity contribution in [1.82, 2.24) is 19.3 Å². The van der Waals surface area contributed by atoms with E-state index >= 15 is 0 Å². The maximum absolute atomic E-state index is 14.1. The van der Waals surface area contributed by atoms with E-state index < -0.39 is 0 Å². The van der Waals surface area contributed by atoms with Crippen LogP contribution in [0.3, 0.4) is 0 Å². The predicted octanol–water partition coefficient (Wildman–Crippen LogP) is 7.72. The van der Waals surface area contributed by atoms with Gasteiger partial charge in [-0.3, -0.25) is 9.36 Å². The molecule has 1 atom stereocenters. The number of hydrogen-bond acceptors (Lipinski definition) is 3. The summed E-state index contributed by atoms with van der Waals surface area (Å²) in [5, 5.41) is 5.62. The highest BCUT2D eigenvalue weighted by Gasteiger charge is 2.33. The molecule has 4 aromatic carbocycles. The van der Waals surface area contributed by atoms with Crippen molar-refractivity contribution >= 4 is 38.5 Å². The van der Waals surface area contributed by atoms with Gasteiger partial charge in [-0.25, -0.2) is 9.67 Å². The Kier molecular flexibility index (Phi) is 6.05. The topological polar surface area (TPSA) is 52.7 Å². The molecule has 0 N–H and O–H groups in total. The molecular formula is C34H25BrN4O. The third-order valence-electron chi connectivity index (χ3n) is 7.57. The number of rotatable bonds is 4. The van der Waals surface area contributed by atoms with E-state index in [1.165, 1.54) is 5.57 Å². The largest absolute Gasteiger partial charge is 0.268 e. The molecule has 0 spiro atoms. The summed E-state index contributed by atoms with van der Waals surface area (Å²) in [6.45, 7) is 2.05. The van der Waals surface area contributed by atoms with Crippen LogP contribution in [0.5, 0.6) is 0 Å². The Morgan fingerprint density at radius 3 is 2.17 bits per heavy atom. The number of halogens is 1. The fourth-order valence-corrected chi connectivity index (χ4v) is 6.00. The number of fused-ring (bicyclic) bond motifs is 2. The average molecular weight is 586 g/mol. The maximum Gasteiger partial charge on any atom is 0.265 e. The van der Waals surface area contributed by atoms with Crippen LogP contribution in [-0.2, 0) is 0 Å². The van der Waals surface area contributed by atoms with E-state index in [1.807, 2.05) is 77.5 Å². The molecule has 0 fully saturated rings. The van der Waals surface area contributed by atoms with Gasteiger partial charge in [0.25, 0.3) is 5.56 Å². The molecule has 6 aromatic rings. The Bertz CT molecular complexity index is 1960. The molecule has 5 nitrogen and oxygen atoms in total. The van der Waals surface area contributed by atoms with Crippen molar-refractivity contribution in [3.8, 4) is 11.4 Å². The van der Waals surface area contributed by atoms with E-state index in [1.54, 1.807) is 4.57 Å². The van der Waals surface area contributed by atoms with Crippen molar-refractivity contribution in [3.05, 3.63) is 152 Å². The Balaban J connectivity index is 1.53. The van der Waals surface area contributed by atoms with Crippen molar-refractivity contribution in [2.45, 2.75) is 19.3 Å². The van der Waals surface area contributed by atoms with Crippen molar-refractivity contribution in [3.63, 3.8) is 0 Å². The van der Waals surface area contributed by atoms with Crippen LogP contribution in [0.4, 0.5) is 0 Å². The number of aryl methyl sites for hydroxylation is 1. The Morgan fingerprint density at radius 2 is 1.45 bits per heavy atom. The van der Waals surface area contributed by atoms with Crippen molar-refractivity contribution in [2.24, 2.45) is 0 Å². The molecule has 1 aliphatic rings. The van der Waals surface area contributed by atoms with Crippen LogP contribution in [0.1, 0.15) is 40.7 Å². The summed E-state index contributed by atoms with van der Waals surface area (Å²) in [5.41, 5.74) is 7.76. The SMILES string of the molecule is Cc1nn(-c2ccccc2)c2c1C(c1nc3ccccc3c(=O)n1-c1ccccc1)CC(c1ccc(Br)cc1)=C2. The number of aromatic nitrogens is 4. The first kappa shape index (κ1) is 24.5. The normalized spacial score (nSPS) is 14.7. The van der Waals surface area contributed by atoms with Crippen LogP contribution in [0.2, 0.25) is 0 Å². The van der Waals surface area contributed by atoms with Gasteiger partial charge in [0.15, 0.2) is 0 Å². The van der Waals surface area contributed by atoms with Gasteiger partial charge in [-0.15, -0.1) is 0 Å². The lowest BCUT2D eigenvalue weighted by molar-refractivity contribution is 0.707. The molecule has 0 saturated heterocycles. The number of nitrogens with zero attached hydrogens (tertiary/aromatic N) is 4. The first-order valence-electron chi connectivity index (χ1n) is 13.3.